The average Bonchev–Trinajstić information content (AvgIpc) is 3.07. The van der Waals surface area contributed by atoms with E-state index < -0.39 is 9.84 Å². The number of halogens is 1. The molecule has 2 aromatic carbocycles. The molecule has 1 amide bonds. The molecular formula is C21H21ClN2O3S. The van der Waals surface area contributed by atoms with Gasteiger partial charge in [0, 0.05) is 21.8 Å². The summed E-state index contributed by atoms with van der Waals surface area (Å²) in [4.78, 5) is 16.1. The second-order valence-corrected chi connectivity index (χ2v) is 9.48. The third kappa shape index (κ3) is 3.54. The van der Waals surface area contributed by atoms with Gasteiger partial charge in [0.05, 0.1) is 4.90 Å². The first-order chi connectivity index (χ1) is 13.5. The molecule has 0 saturated heterocycles. The molecule has 0 bridgehead atoms. The molecule has 1 saturated carbocycles. The lowest BCUT2D eigenvalue weighted by Gasteiger charge is -2.20. The van der Waals surface area contributed by atoms with Gasteiger partial charge in [-0.2, -0.15) is 0 Å². The normalized spacial score (nSPS) is 15.6. The highest BCUT2D eigenvalue weighted by atomic mass is 35.5. The first-order valence-corrected chi connectivity index (χ1v) is 11.2. The van der Waals surface area contributed by atoms with Crippen molar-refractivity contribution in [3.8, 4) is 0 Å². The fourth-order valence-corrected chi connectivity index (χ4v) is 5.57. The van der Waals surface area contributed by atoms with E-state index in [0.29, 0.717) is 15.9 Å². The molecule has 1 aliphatic carbocycles. The molecule has 1 aromatic heterocycles. The number of carbonyl (C=O) groups excluding carboxylic acids is 1. The predicted molar refractivity (Wildman–Crippen MR) is 110 cm³/mol. The maximum absolute atomic E-state index is 13.4. The van der Waals surface area contributed by atoms with Gasteiger partial charge in [-0.3, -0.25) is 4.79 Å². The third-order valence-corrected chi connectivity index (χ3v) is 7.35. The summed E-state index contributed by atoms with van der Waals surface area (Å²) in [5.41, 5.74) is 0.609. The van der Waals surface area contributed by atoms with Crippen LogP contribution >= 0.6 is 11.6 Å². The number of fused-ring (bicyclic) bond motifs is 1. The maximum atomic E-state index is 13.4. The van der Waals surface area contributed by atoms with Gasteiger partial charge >= 0.3 is 0 Å². The van der Waals surface area contributed by atoms with Crippen molar-refractivity contribution in [2.24, 2.45) is 5.92 Å². The van der Waals surface area contributed by atoms with Crippen LogP contribution < -0.4 is 5.32 Å². The van der Waals surface area contributed by atoms with Crippen LogP contribution in [0.2, 0.25) is 5.02 Å². The minimum atomic E-state index is -3.85. The number of carbonyl (C=O) groups is 1. The Morgan fingerprint density at radius 1 is 1.04 bits per heavy atom. The number of sulfone groups is 1. The summed E-state index contributed by atoms with van der Waals surface area (Å²) in [5.74, 6) is -0.0189. The van der Waals surface area contributed by atoms with Gasteiger partial charge in [0.25, 0.3) is 0 Å². The lowest BCUT2D eigenvalue weighted by atomic mass is 9.89. The Kier molecular flexibility index (Phi) is 5.17. The maximum Gasteiger partial charge on any atom is 0.228 e. The SMILES string of the molecule is O=C(Nc1[nH]c2ccc(Cl)cc2c1S(=O)(=O)c1ccccc1)C1CCCCC1. The predicted octanol–water partition coefficient (Wildman–Crippen LogP) is 5.17. The van der Waals surface area contributed by atoms with E-state index in [1.165, 1.54) is 0 Å². The van der Waals surface area contributed by atoms with Gasteiger partial charge in [-0.1, -0.05) is 49.1 Å². The van der Waals surface area contributed by atoms with E-state index in [0.717, 1.165) is 32.1 Å². The number of H-pyrrole nitrogens is 1. The summed E-state index contributed by atoms with van der Waals surface area (Å²) in [6.07, 6.45) is 4.85. The lowest BCUT2D eigenvalue weighted by Crippen LogP contribution is -2.25. The van der Waals surface area contributed by atoms with E-state index in [-0.39, 0.29) is 27.4 Å². The molecule has 2 N–H and O–H groups in total. The third-order valence-electron chi connectivity index (χ3n) is 5.26. The Bertz CT molecular complexity index is 1120. The van der Waals surface area contributed by atoms with Crippen LogP contribution in [-0.2, 0) is 14.6 Å². The van der Waals surface area contributed by atoms with Gasteiger partial charge in [-0.05, 0) is 43.2 Å². The highest BCUT2D eigenvalue weighted by Gasteiger charge is 2.29. The van der Waals surface area contributed by atoms with Gasteiger partial charge in [-0.15, -0.1) is 0 Å². The van der Waals surface area contributed by atoms with Crippen LogP contribution in [0.3, 0.4) is 0 Å². The van der Waals surface area contributed by atoms with Crippen molar-refractivity contribution in [1.82, 2.24) is 4.98 Å². The number of benzene rings is 2. The number of amides is 1. The van der Waals surface area contributed by atoms with Crippen molar-refractivity contribution >= 4 is 44.1 Å². The second-order valence-electron chi connectivity index (χ2n) is 7.16. The van der Waals surface area contributed by atoms with E-state index >= 15 is 0 Å². The zero-order valence-electron chi connectivity index (χ0n) is 15.2. The smallest absolute Gasteiger partial charge is 0.228 e. The van der Waals surface area contributed by atoms with E-state index in [1.54, 1.807) is 48.5 Å². The summed E-state index contributed by atoms with van der Waals surface area (Å²) in [5, 5.41) is 3.75. The standard InChI is InChI=1S/C21H21ClN2O3S/c22-15-11-12-18-17(13-15)19(28(26,27)16-9-5-2-6-10-16)20(23-18)24-21(25)14-7-3-1-4-8-14/h2,5-6,9-14,23H,1,3-4,7-8H2,(H,24,25). The van der Waals surface area contributed by atoms with Gasteiger partial charge in [0.15, 0.2) is 0 Å². The van der Waals surface area contributed by atoms with Crippen LogP contribution in [0.15, 0.2) is 58.3 Å². The molecule has 0 spiro atoms. The monoisotopic (exact) mass is 416 g/mol. The second kappa shape index (κ2) is 7.60. The highest BCUT2D eigenvalue weighted by Crippen LogP contribution is 2.37. The Hall–Kier alpha value is -2.31. The summed E-state index contributed by atoms with van der Waals surface area (Å²) in [7, 11) is -3.85. The van der Waals surface area contributed by atoms with Crippen molar-refractivity contribution in [2.75, 3.05) is 5.32 Å². The fourth-order valence-electron chi connectivity index (χ4n) is 3.81. The van der Waals surface area contributed by atoms with Gasteiger partial charge in [0.2, 0.25) is 15.7 Å². The molecule has 1 fully saturated rings. The highest BCUT2D eigenvalue weighted by molar-refractivity contribution is 7.92. The molecule has 0 radical (unpaired) electrons. The molecule has 28 heavy (non-hydrogen) atoms. The van der Waals surface area contributed by atoms with E-state index in [2.05, 4.69) is 10.3 Å². The van der Waals surface area contributed by atoms with Crippen LogP contribution in [0.4, 0.5) is 5.82 Å². The van der Waals surface area contributed by atoms with Crippen LogP contribution in [0.1, 0.15) is 32.1 Å². The Morgan fingerprint density at radius 3 is 2.46 bits per heavy atom. The van der Waals surface area contributed by atoms with Gasteiger partial charge < -0.3 is 10.3 Å². The average molecular weight is 417 g/mol. The first kappa shape index (κ1) is 19.0. The number of aromatic amines is 1. The Balaban J connectivity index is 1.82. The summed E-state index contributed by atoms with van der Waals surface area (Å²) in [6.45, 7) is 0. The minimum absolute atomic E-state index is 0.0559. The summed E-state index contributed by atoms with van der Waals surface area (Å²) in [6, 6.07) is 13.2. The number of anilines is 1. The van der Waals surface area contributed by atoms with Crippen molar-refractivity contribution < 1.29 is 13.2 Å². The number of rotatable bonds is 4. The molecule has 1 heterocycles. The van der Waals surface area contributed by atoms with Crippen molar-refractivity contribution in [3.05, 3.63) is 53.6 Å². The molecule has 1 aliphatic rings. The van der Waals surface area contributed by atoms with Crippen LogP contribution in [0.5, 0.6) is 0 Å². The first-order valence-electron chi connectivity index (χ1n) is 9.39. The topological polar surface area (TPSA) is 79.0 Å². The molecule has 5 nitrogen and oxygen atoms in total. The molecular weight excluding hydrogens is 396 g/mol. The molecule has 0 aliphatic heterocycles. The Labute approximate surface area is 169 Å². The molecule has 0 atom stereocenters. The van der Waals surface area contributed by atoms with Crippen molar-refractivity contribution in [1.29, 1.82) is 0 Å². The fraction of sp³-hybridized carbons (Fsp3) is 0.286. The van der Waals surface area contributed by atoms with E-state index in [4.69, 9.17) is 11.6 Å². The van der Waals surface area contributed by atoms with Crippen LogP contribution in [0.25, 0.3) is 10.9 Å². The summed E-state index contributed by atoms with van der Waals surface area (Å²) >= 11 is 6.13. The zero-order chi connectivity index (χ0) is 19.7. The quantitative estimate of drug-likeness (QED) is 0.615. The number of hydrogen-bond acceptors (Lipinski definition) is 3. The number of hydrogen-bond donors (Lipinski definition) is 2. The molecule has 4 rings (SSSR count). The van der Waals surface area contributed by atoms with E-state index in [1.807, 2.05) is 0 Å². The van der Waals surface area contributed by atoms with Crippen LogP contribution in [-0.4, -0.2) is 19.3 Å². The van der Waals surface area contributed by atoms with Gasteiger partial charge in [0.1, 0.15) is 10.7 Å². The Morgan fingerprint density at radius 2 is 1.75 bits per heavy atom. The molecule has 3 aromatic rings. The largest absolute Gasteiger partial charge is 0.340 e. The van der Waals surface area contributed by atoms with Crippen molar-refractivity contribution in [2.45, 2.75) is 41.9 Å². The zero-order valence-corrected chi connectivity index (χ0v) is 16.8. The molecule has 146 valence electrons. The molecule has 7 heteroatoms. The van der Waals surface area contributed by atoms with Gasteiger partial charge in [-0.25, -0.2) is 8.42 Å². The number of aromatic nitrogens is 1. The van der Waals surface area contributed by atoms with Crippen LogP contribution in [0, 0.1) is 5.92 Å². The van der Waals surface area contributed by atoms with E-state index in [9.17, 15) is 13.2 Å². The molecule has 0 unspecified atom stereocenters. The number of nitrogens with one attached hydrogen (secondary N) is 2. The minimum Gasteiger partial charge on any atom is -0.340 e. The van der Waals surface area contributed by atoms with Crippen molar-refractivity contribution in [3.63, 3.8) is 0 Å². The lowest BCUT2D eigenvalue weighted by molar-refractivity contribution is -0.120. The summed E-state index contributed by atoms with van der Waals surface area (Å²) < 4.78 is 26.8.